The van der Waals surface area contributed by atoms with Gasteiger partial charge < -0.3 is 9.88 Å². The number of aromatic nitrogens is 5. The maximum atomic E-state index is 12.5. The minimum atomic E-state index is -0.118. The van der Waals surface area contributed by atoms with Crippen molar-refractivity contribution in [2.75, 3.05) is 11.1 Å². The first-order chi connectivity index (χ1) is 15.5. The van der Waals surface area contributed by atoms with Crippen molar-refractivity contribution in [1.29, 1.82) is 0 Å². The van der Waals surface area contributed by atoms with E-state index in [2.05, 4.69) is 69.0 Å². The molecule has 3 heterocycles. The highest BCUT2D eigenvalue weighted by Crippen LogP contribution is 2.27. The number of thiazole rings is 1. The molecule has 0 saturated carbocycles. The van der Waals surface area contributed by atoms with Gasteiger partial charge in [-0.3, -0.25) is 9.78 Å². The molecule has 4 aromatic rings. The predicted molar refractivity (Wildman–Crippen MR) is 130 cm³/mol. The van der Waals surface area contributed by atoms with Gasteiger partial charge in [-0.25, -0.2) is 4.98 Å². The van der Waals surface area contributed by atoms with Crippen molar-refractivity contribution in [3.05, 3.63) is 59.2 Å². The monoisotopic (exact) mass is 464 g/mol. The van der Waals surface area contributed by atoms with Crippen molar-refractivity contribution in [2.24, 2.45) is 0 Å². The average molecular weight is 465 g/mol. The van der Waals surface area contributed by atoms with Crippen LogP contribution in [0.25, 0.3) is 22.6 Å². The molecule has 0 atom stereocenters. The largest absolute Gasteiger partial charge is 0.302 e. The molecule has 0 radical (unpaired) electrons. The SMILES string of the molecule is CCCn1c(SCC(=O)Nc2nc(-c3ccc(C)c(C)c3)cs2)nnc1-c1ccncc1. The van der Waals surface area contributed by atoms with Crippen LogP contribution in [0.3, 0.4) is 0 Å². The third-order valence-corrected chi connectivity index (χ3v) is 6.71. The summed E-state index contributed by atoms with van der Waals surface area (Å²) in [4.78, 5) is 21.2. The molecule has 9 heteroatoms. The van der Waals surface area contributed by atoms with E-state index in [1.165, 1.54) is 34.2 Å². The zero-order chi connectivity index (χ0) is 22.5. The van der Waals surface area contributed by atoms with E-state index in [9.17, 15) is 4.79 Å². The number of benzene rings is 1. The minimum Gasteiger partial charge on any atom is -0.302 e. The smallest absolute Gasteiger partial charge is 0.236 e. The number of amides is 1. The third kappa shape index (κ3) is 5.05. The number of hydrogen-bond acceptors (Lipinski definition) is 7. The first-order valence-electron chi connectivity index (χ1n) is 10.3. The number of rotatable bonds is 8. The standard InChI is InChI=1S/C23H24N6OS2/c1-4-11-29-21(17-7-9-24-10-8-17)27-28-23(29)32-14-20(30)26-22-25-19(13-31-22)18-6-5-15(2)16(3)12-18/h5-10,12-13H,4,11,14H2,1-3H3,(H,25,26,30). The summed E-state index contributed by atoms with van der Waals surface area (Å²) in [5.41, 5.74) is 5.34. The normalized spacial score (nSPS) is 11.0. The van der Waals surface area contributed by atoms with E-state index in [0.717, 1.165) is 40.8 Å². The van der Waals surface area contributed by atoms with Gasteiger partial charge in [0.15, 0.2) is 16.1 Å². The van der Waals surface area contributed by atoms with Crippen molar-refractivity contribution in [3.63, 3.8) is 0 Å². The fraction of sp³-hybridized carbons (Fsp3) is 0.261. The number of thioether (sulfide) groups is 1. The molecular formula is C23H24N6OS2. The van der Waals surface area contributed by atoms with Gasteiger partial charge in [0.25, 0.3) is 0 Å². The zero-order valence-corrected chi connectivity index (χ0v) is 19.8. The molecule has 1 amide bonds. The molecule has 0 unspecified atom stereocenters. The number of anilines is 1. The molecule has 0 aliphatic rings. The second kappa shape index (κ2) is 10.1. The Bertz CT molecular complexity index is 1220. The number of hydrogen-bond donors (Lipinski definition) is 1. The van der Waals surface area contributed by atoms with E-state index < -0.39 is 0 Å². The van der Waals surface area contributed by atoms with Crippen molar-refractivity contribution in [2.45, 2.75) is 38.9 Å². The Balaban J connectivity index is 1.41. The Labute approximate surface area is 195 Å². The lowest BCUT2D eigenvalue weighted by Gasteiger charge is -2.08. The number of pyridine rings is 1. The molecule has 3 aromatic heterocycles. The second-order valence-electron chi connectivity index (χ2n) is 7.37. The second-order valence-corrected chi connectivity index (χ2v) is 9.17. The molecule has 32 heavy (non-hydrogen) atoms. The molecular weight excluding hydrogens is 440 g/mol. The molecule has 0 fully saturated rings. The summed E-state index contributed by atoms with van der Waals surface area (Å²) in [5.74, 6) is 0.902. The average Bonchev–Trinajstić information content (AvgIpc) is 3.42. The molecule has 1 N–H and O–H groups in total. The zero-order valence-electron chi connectivity index (χ0n) is 18.2. The van der Waals surface area contributed by atoms with Crippen LogP contribution >= 0.6 is 23.1 Å². The molecule has 0 aliphatic heterocycles. The quantitative estimate of drug-likeness (QED) is 0.360. The number of aryl methyl sites for hydroxylation is 2. The topological polar surface area (TPSA) is 85.6 Å². The van der Waals surface area contributed by atoms with Crippen LogP contribution < -0.4 is 5.32 Å². The molecule has 4 rings (SSSR count). The lowest BCUT2D eigenvalue weighted by Crippen LogP contribution is -2.14. The molecule has 0 saturated heterocycles. The van der Waals surface area contributed by atoms with Gasteiger partial charge in [0, 0.05) is 35.4 Å². The fourth-order valence-electron chi connectivity index (χ4n) is 3.19. The Morgan fingerprint density at radius 3 is 2.66 bits per heavy atom. The predicted octanol–water partition coefficient (Wildman–Crippen LogP) is 5.22. The van der Waals surface area contributed by atoms with Gasteiger partial charge in [0.1, 0.15) is 0 Å². The Morgan fingerprint density at radius 2 is 1.91 bits per heavy atom. The number of nitrogens with zero attached hydrogens (tertiary/aromatic N) is 5. The van der Waals surface area contributed by atoms with Crippen LogP contribution in [-0.2, 0) is 11.3 Å². The van der Waals surface area contributed by atoms with E-state index in [0.29, 0.717) is 5.13 Å². The van der Waals surface area contributed by atoms with Crippen LogP contribution in [0.2, 0.25) is 0 Å². The van der Waals surface area contributed by atoms with E-state index >= 15 is 0 Å². The summed E-state index contributed by atoms with van der Waals surface area (Å²) in [6, 6.07) is 10.1. The van der Waals surface area contributed by atoms with Crippen LogP contribution in [0.15, 0.2) is 53.3 Å². The van der Waals surface area contributed by atoms with Gasteiger partial charge >= 0.3 is 0 Å². The van der Waals surface area contributed by atoms with Crippen LogP contribution in [0.5, 0.6) is 0 Å². The van der Waals surface area contributed by atoms with Gasteiger partial charge in [-0.15, -0.1) is 21.5 Å². The van der Waals surface area contributed by atoms with Gasteiger partial charge in [-0.2, -0.15) is 0 Å². The lowest BCUT2D eigenvalue weighted by atomic mass is 10.1. The van der Waals surface area contributed by atoms with E-state index in [4.69, 9.17) is 0 Å². The Morgan fingerprint density at radius 1 is 1.09 bits per heavy atom. The summed E-state index contributed by atoms with van der Waals surface area (Å²) < 4.78 is 2.05. The first kappa shape index (κ1) is 22.2. The highest BCUT2D eigenvalue weighted by Gasteiger charge is 2.16. The van der Waals surface area contributed by atoms with Crippen LogP contribution in [0.4, 0.5) is 5.13 Å². The summed E-state index contributed by atoms with van der Waals surface area (Å²) in [5, 5.41) is 14.8. The summed E-state index contributed by atoms with van der Waals surface area (Å²) in [7, 11) is 0. The third-order valence-electron chi connectivity index (χ3n) is 4.99. The van der Waals surface area contributed by atoms with E-state index in [1.807, 2.05) is 17.5 Å². The van der Waals surface area contributed by atoms with Crippen LogP contribution in [-0.4, -0.2) is 36.4 Å². The summed E-state index contributed by atoms with van der Waals surface area (Å²) >= 11 is 2.80. The Hall–Kier alpha value is -3.04. The molecule has 0 aliphatic carbocycles. The minimum absolute atomic E-state index is 0.118. The highest BCUT2D eigenvalue weighted by atomic mass is 32.2. The summed E-state index contributed by atoms with van der Waals surface area (Å²) in [6.45, 7) is 7.06. The summed E-state index contributed by atoms with van der Waals surface area (Å²) in [6.07, 6.45) is 4.41. The molecule has 7 nitrogen and oxygen atoms in total. The van der Waals surface area contributed by atoms with Crippen LogP contribution in [0.1, 0.15) is 24.5 Å². The van der Waals surface area contributed by atoms with Gasteiger partial charge in [-0.05, 0) is 49.6 Å². The fourth-order valence-corrected chi connectivity index (χ4v) is 4.69. The lowest BCUT2D eigenvalue weighted by molar-refractivity contribution is -0.113. The van der Waals surface area contributed by atoms with Gasteiger partial charge in [0.2, 0.25) is 5.91 Å². The molecule has 0 bridgehead atoms. The number of carbonyl (C=O) groups is 1. The number of carbonyl (C=O) groups excluding carboxylic acids is 1. The van der Waals surface area contributed by atoms with Crippen LogP contribution in [0, 0.1) is 13.8 Å². The first-order valence-corrected chi connectivity index (χ1v) is 12.2. The molecule has 1 aromatic carbocycles. The Kier molecular flexibility index (Phi) is 6.96. The van der Waals surface area contributed by atoms with Gasteiger partial charge in [0.05, 0.1) is 11.4 Å². The van der Waals surface area contributed by atoms with Crippen molar-refractivity contribution >= 4 is 34.1 Å². The van der Waals surface area contributed by atoms with E-state index in [-0.39, 0.29) is 11.7 Å². The maximum absolute atomic E-state index is 12.5. The molecule has 0 spiro atoms. The number of nitrogens with one attached hydrogen (secondary N) is 1. The van der Waals surface area contributed by atoms with E-state index in [1.54, 1.807) is 12.4 Å². The maximum Gasteiger partial charge on any atom is 0.236 e. The van der Waals surface area contributed by atoms with Crippen molar-refractivity contribution in [3.8, 4) is 22.6 Å². The highest BCUT2D eigenvalue weighted by molar-refractivity contribution is 7.99. The van der Waals surface area contributed by atoms with Gasteiger partial charge in [-0.1, -0.05) is 30.8 Å². The van der Waals surface area contributed by atoms with Crippen molar-refractivity contribution < 1.29 is 4.79 Å². The van der Waals surface area contributed by atoms with Crippen molar-refractivity contribution in [1.82, 2.24) is 24.7 Å². The molecule has 164 valence electrons.